The van der Waals surface area contributed by atoms with E-state index in [1.54, 1.807) is 6.07 Å². The monoisotopic (exact) mass is 214 g/mol. The third-order valence-electron chi connectivity index (χ3n) is 2.26. The van der Waals surface area contributed by atoms with Crippen LogP contribution in [0.4, 0.5) is 5.69 Å². The molecule has 2 aromatic rings. The Hall–Kier alpha value is -2.23. The molecule has 1 aromatic carbocycles. The summed E-state index contributed by atoms with van der Waals surface area (Å²) in [6.07, 6.45) is 0. The molecule has 0 aliphatic carbocycles. The van der Waals surface area contributed by atoms with Crippen LogP contribution >= 0.6 is 0 Å². The Labute approximate surface area is 92.7 Å². The minimum Gasteiger partial charge on any atom is -0.258 e. The molecule has 0 bridgehead atoms. The molecule has 0 unspecified atom stereocenters. The van der Waals surface area contributed by atoms with Crippen molar-refractivity contribution in [3.8, 4) is 11.3 Å². The molecule has 0 atom stereocenters. The van der Waals surface area contributed by atoms with Crippen LogP contribution in [0.15, 0.2) is 42.5 Å². The lowest BCUT2D eigenvalue weighted by Gasteiger charge is -2.02. The molecule has 80 valence electrons. The highest BCUT2D eigenvalue weighted by atomic mass is 16.6. The van der Waals surface area contributed by atoms with Crippen molar-refractivity contribution in [2.24, 2.45) is 0 Å². The van der Waals surface area contributed by atoms with Gasteiger partial charge in [-0.25, -0.2) is 4.98 Å². The van der Waals surface area contributed by atoms with Crippen molar-refractivity contribution in [2.45, 2.75) is 6.92 Å². The van der Waals surface area contributed by atoms with Crippen molar-refractivity contribution in [1.29, 1.82) is 0 Å². The zero-order chi connectivity index (χ0) is 11.5. The lowest BCUT2D eigenvalue weighted by Crippen LogP contribution is -1.95. The molecule has 16 heavy (non-hydrogen) atoms. The molecule has 0 aliphatic rings. The first-order valence-electron chi connectivity index (χ1n) is 4.86. The third-order valence-corrected chi connectivity index (χ3v) is 2.26. The molecule has 0 N–H and O–H groups in total. The Morgan fingerprint density at radius 3 is 2.44 bits per heavy atom. The van der Waals surface area contributed by atoms with E-state index in [9.17, 15) is 10.1 Å². The SMILES string of the molecule is Cc1ccc([N+](=O)[O-])c(-c2ccccc2)n1. The number of pyridine rings is 1. The molecular formula is C12H10N2O2. The normalized spacial score (nSPS) is 10.1. The minimum absolute atomic E-state index is 0.0387. The van der Waals surface area contributed by atoms with Gasteiger partial charge < -0.3 is 0 Å². The first kappa shape index (κ1) is 10.3. The Bertz CT molecular complexity index is 524. The van der Waals surface area contributed by atoms with Crippen molar-refractivity contribution in [3.63, 3.8) is 0 Å². The Kier molecular flexibility index (Phi) is 2.64. The molecule has 1 aromatic heterocycles. The van der Waals surface area contributed by atoms with E-state index in [4.69, 9.17) is 0 Å². The zero-order valence-corrected chi connectivity index (χ0v) is 8.75. The maximum Gasteiger partial charge on any atom is 0.295 e. The Morgan fingerprint density at radius 1 is 1.12 bits per heavy atom. The number of aryl methyl sites for hydroxylation is 1. The standard InChI is InChI=1S/C12H10N2O2/c1-9-7-8-11(14(15)16)12(13-9)10-5-3-2-4-6-10/h2-8H,1H3. The van der Waals surface area contributed by atoms with Crippen LogP contribution in [-0.4, -0.2) is 9.91 Å². The number of benzene rings is 1. The van der Waals surface area contributed by atoms with E-state index in [-0.39, 0.29) is 5.69 Å². The summed E-state index contributed by atoms with van der Waals surface area (Å²) in [4.78, 5) is 14.7. The summed E-state index contributed by atoms with van der Waals surface area (Å²) < 4.78 is 0. The van der Waals surface area contributed by atoms with Crippen LogP contribution in [0.5, 0.6) is 0 Å². The number of aromatic nitrogens is 1. The van der Waals surface area contributed by atoms with Crippen molar-refractivity contribution in [3.05, 3.63) is 58.3 Å². The fourth-order valence-corrected chi connectivity index (χ4v) is 1.51. The molecule has 0 saturated carbocycles. The molecule has 0 saturated heterocycles. The predicted molar refractivity (Wildman–Crippen MR) is 61.1 cm³/mol. The van der Waals surface area contributed by atoms with Crippen LogP contribution in [0.25, 0.3) is 11.3 Å². The first-order chi connectivity index (χ1) is 7.68. The van der Waals surface area contributed by atoms with Gasteiger partial charge in [0.1, 0.15) is 5.69 Å². The minimum atomic E-state index is -0.408. The van der Waals surface area contributed by atoms with Crippen LogP contribution < -0.4 is 0 Å². The van der Waals surface area contributed by atoms with Gasteiger partial charge in [-0.1, -0.05) is 30.3 Å². The summed E-state index contributed by atoms with van der Waals surface area (Å²) >= 11 is 0. The van der Waals surface area contributed by atoms with E-state index in [1.165, 1.54) is 6.07 Å². The molecule has 0 fully saturated rings. The van der Waals surface area contributed by atoms with E-state index in [1.807, 2.05) is 37.3 Å². The van der Waals surface area contributed by atoms with Crippen LogP contribution in [-0.2, 0) is 0 Å². The second kappa shape index (κ2) is 4.10. The van der Waals surface area contributed by atoms with Crippen molar-refractivity contribution in [2.75, 3.05) is 0 Å². The van der Waals surface area contributed by atoms with Crippen LogP contribution in [0.1, 0.15) is 5.69 Å². The number of hydrogen-bond donors (Lipinski definition) is 0. The van der Waals surface area contributed by atoms with Crippen LogP contribution in [0.2, 0.25) is 0 Å². The molecule has 1 heterocycles. The van der Waals surface area contributed by atoms with E-state index < -0.39 is 4.92 Å². The fraction of sp³-hybridized carbons (Fsp3) is 0.0833. The summed E-state index contributed by atoms with van der Waals surface area (Å²) in [5, 5.41) is 10.9. The summed E-state index contributed by atoms with van der Waals surface area (Å²) in [7, 11) is 0. The predicted octanol–water partition coefficient (Wildman–Crippen LogP) is 2.97. The number of hydrogen-bond acceptors (Lipinski definition) is 3. The molecular weight excluding hydrogens is 204 g/mol. The molecule has 4 heteroatoms. The summed E-state index contributed by atoms with van der Waals surface area (Å²) in [6.45, 7) is 1.82. The smallest absolute Gasteiger partial charge is 0.258 e. The highest BCUT2D eigenvalue weighted by Crippen LogP contribution is 2.27. The molecule has 0 amide bonds. The van der Waals surface area contributed by atoms with E-state index in [0.717, 1.165) is 11.3 Å². The van der Waals surface area contributed by atoms with Gasteiger partial charge in [0.05, 0.1) is 4.92 Å². The lowest BCUT2D eigenvalue weighted by atomic mass is 10.1. The molecule has 2 rings (SSSR count). The van der Waals surface area contributed by atoms with Gasteiger partial charge in [-0.05, 0) is 13.0 Å². The first-order valence-corrected chi connectivity index (χ1v) is 4.86. The lowest BCUT2D eigenvalue weighted by molar-refractivity contribution is -0.384. The second-order valence-electron chi connectivity index (χ2n) is 3.44. The second-order valence-corrected chi connectivity index (χ2v) is 3.44. The highest BCUT2D eigenvalue weighted by Gasteiger charge is 2.16. The van der Waals surface area contributed by atoms with Gasteiger partial charge >= 0.3 is 0 Å². The quantitative estimate of drug-likeness (QED) is 0.570. The largest absolute Gasteiger partial charge is 0.295 e. The van der Waals surface area contributed by atoms with Crippen molar-refractivity contribution >= 4 is 5.69 Å². The Morgan fingerprint density at radius 2 is 1.81 bits per heavy atom. The summed E-state index contributed by atoms with van der Waals surface area (Å²) in [5.74, 6) is 0. The molecule has 0 aliphatic heterocycles. The van der Waals surface area contributed by atoms with Gasteiger partial charge in [-0.3, -0.25) is 10.1 Å². The maximum atomic E-state index is 10.9. The van der Waals surface area contributed by atoms with Crippen LogP contribution in [0, 0.1) is 17.0 Å². The van der Waals surface area contributed by atoms with Crippen molar-refractivity contribution < 1.29 is 4.92 Å². The van der Waals surface area contributed by atoms with Crippen LogP contribution in [0.3, 0.4) is 0 Å². The van der Waals surface area contributed by atoms with E-state index in [2.05, 4.69) is 4.98 Å². The van der Waals surface area contributed by atoms with Gasteiger partial charge in [0.15, 0.2) is 0 Å². The maximum absolute atomic E-state index is 10.9. The van der Waals surface area contributed by atoms with E-state index >= 15 is 0 Å². The van der Waals surface area contributed by atoms with Gasteiger partial charge in [-0.2, -0.15) is 0 Å². The van der Waals surface area contributed by atoms with E-state index in [0.29, 0.717) is 5.69 Å². The third kappa shape index (κ3) is 1.91. The highest BCUT2D eigenvalue weighted by molar-refractivity contribution is 5.69. The van der Waals surface area contributed by atoms with Gasteiger partial charge in [-0.15, -0.1) is 0 Å². The van der Waals surface area contributed by atoms with Gasteiger partial charge in [0, 0.05) is 17.3 Å². The van der Waals surface area contributed by atoms with Gasteiger partial charge in [0.2, 0.25) is 0 Å². The summed E-state index contributed by atoms with van der Waals surface area (Å²) in [6, 6.07) is 12.3. The number of nitrogens with zero attached hydrogens (tertiary/aromatic N) is 2. The average molecular weight is 214 g/mol. The molecule has 0 spiro atoms. The molecule has 0 radical (unpaired) electrons. The fourth-order valence-electron chi connectivity index (χ4n) is 1.51. The van der Waals surface area contributed by atoms with Crippen molar-refractivity contribution in [1.82, 2.24) is 4.98 Å². The van der Waals surface area contributed by atoms with Gasteiger partial charge in [0.25, 0.3) is 5.69 Å². The molecule has 4 nitrogen and oxygen atoms in total. The average Bonchev–Trinajstić information content (AvgIpc) is 2.29. The number of nitro groups is 1. The topological polar surface area (TPSA) is 56.0 Å². The number of rotatable bonds is 2. The Balaban J connectivity index is 2.63. The summed E-state index contributed by atoms with van der Waals surface area (Å²) in [5.41, 5.74) is 1.99. The zero-order valence-electron chi connectivity index (χ0n) is 8.75.